The quantitative estimate of drug-likeness (QED) is 0.918. The number of halogens is 1. The fourth-order valence-corrected chi connectivity index (χ4v) is 2.51. The number of ether oxygens (including phenoxy) is 2. The number of hydrogen-bond acceptors (Lipinski definition) is 3. The van der Waals surface area contributed by atoms with Crippen LogP contribution in [0.5, 0.6) is 11.5 Å². The van der Waals surface area contributed by atoms with Gasteiger partial charge in [0, 0.05) is 11.0 Å². The Bertz CT molecular complexity index is 455. The molecule has 4 heteroatoms. The lowest BCUT2D eigenvalue weighted by Crippen LogP contribution is -2.26. The second kappa shape index (κ2) is 4.98. The zero-order valence-corrected chi connectivity index (χ0v) is 11.8. The van der Waals surface area contributed by atoms with E-state index in [0.29, 0.717) is 24.0 Å². The maximum Gasteiger partial charge on any atom is 0.180 e. The van der Waals surface area contributed by atoms with Crippen molar-refractivity contribution in [1.29, 1.82) is 0 Å². The SMILES string of the molecule is CCc1c(C(C)(C)CO)cc(Cl)c2c1OCCO2. The van der Waals surface area contributed by atoms with Gasteiger partial charge in [-0.1, -0.05) is 32.4 Å². The zero-order chi connectivity index (χ0) is 13.3. The number of hydrogen-bond donors (Lipinski definition) is 1. The zero-order valence-electron chi connectivity index (χ0n) is 11.0. The summed E-state index contributed by atoms with van der Waals surface area (Å²) in [4.78, 5) is 0. The molecule has 1 aromatic rings. The summed E-state index contributed by atoms with van der Waals surface area (Å²) in [5.41, 5.74) is 1.76. The van der Waals surface area contributed by atoms with Gasteiger partial charge in [-0.2, -0.15) is 0 Å². The minimum absolute atomic E-state index is 0.0654. The summed E-state index contributed by atoms with van der Waals surface area (Å²) < 4.78 is 11.3. The third-order valence-corrected chi connectivity index (χ3v) is 3.63. The molecule has 0 atom stereocenters. The molecule has 0 aromatic heterocycles. The van der Waals surface area contributed by atoms with Crippen LogP contribution in [0.4, 0.5) is 0 Å². The standard InChI is InChI=1S/C14H19ClO3/c1-4-9-10(14(2,3)8-16)7-11(15)13-12(9)17-5-6-18-13/h7,16H,4-6,8H2,1-3H3. The molecule has 0 spiro atoms. The number of rotatable bonds is 3. The van der Waals surface area contributed by atoms with Gasteiger partial charge in [0.1, 0.15) is 13.2 Å². The second-order valence-corrected chi connectivity index (χ2v) is 5.54. The molecular formula is C14H19ClO3. The number of benzene rings is 1. The van der Waals surface area contributed by atoms with Gasteiger partial charge in [-0.15, -0.1) is 0 Å². The average Bonchev–Trinajstić information content (AvgIpc) is 2.38. The Kier molecular flexibility index (Phi) is 3.74. The Labute approximate surface area is 113 Å². The average molecular weight is 271 g/mol. The third-order valence-electron chi connectivity index (χ3n) is 3.35. The molecule has 100 valence electrons. The van der Waals surface area contributed by atoms with Crippen LogP contribution < -0.4 is 9.47 Å². The van der Waals surface area contributed by atoms with Crippen molar-refractivity contribution in [2.45, 2.75) is 32.6 Å². The van der Waals surface area contributed by atoms with Gasteiger partial charge in [0.15, 0.2) is 11.5 Å². The normalized spacial score (nSPS) is 14.7. The second-order valence-electron chi connectivity index (χ2n) is 5.14. The van der Waals surface area contributed by atoms with E-state index in [0.717, 1.165) is 23.3 Å². The van der Waals surface area contributed by atoms with Gasteiger partial charge in [0.05, 0.1) is 11.6 Å². The maximum absolute atomic E-state index is 9.55. The predicted octanol–water partition coefficient (Wildman–Crippen LogP) is 2.94. The summed E-state index contributed by atoms with van der Waals surface area (Å²) in [7, 11) is 0. The topological polar surface area (TPSA) is 38.7 Å². The van der Waals surface area contributed by atoms with Crippen molar-refractivity contribution < 1.29 is 14.6 Å². The van der Waals surface area contributed by atoms with E-state index >= 15 is 0 Å². The van der Waals surface area contributed by atoms with Gasteiger partial charge in [0.2, 0.25) is 0 Å². The summed E-state index contributed by atoms with van der Waals surface area (Å²) in [6.07, 6.45) is 0.821. The lowest BCUT2D eigenvalue weighted by molar-refractivity contribution is 0.168. The Morgan fingerprint density at radius 2 is 1.89 bits per heavy atom. The molecular weight excluding hydrogens is 252 g/mol. The minimum atomic E-state index is -0.342. The molecule has 0 bridgehead atoms. The lowest BCUT2D eigenvalue weighted by Gasteiger charge is -2.30. The first-order valence-corrected chi connectivity index (χ1v) is 6.61. The van der Waals surface area contributed by atoms with Crippen molar-refractivity contribution >= 4 is 11.6 Å². The minimum Gasteiger partial charge on any atom is -0.486 e. The van der Waals surface area contributed by atoms with Crippen molar-refractivity contribution in [2.75, 3.05) is 19.8 Å². The van der Waals surface area contributed by atoms with Crippen LogP contribution in [0.25, 0.3) is 0 Å². The first kappa shape index (κ1) is 13.5. The van der Waals surface area contributed by atoms with E-state index < -0.39 is 0 Å². The molecule has 1 aliphatic rings. The van der Waals surface area contributed by atoms with E-state index in [1.54, 1.807) is 0 Å². The van der Waals surface area contributed by atoms with Gasteiger partial charge in [-0.25, -0.2) is 0 Å². The predicted molar refractivity (Wildman–Crippen MR) is 71.9 cm³/mol. The van der Waals surface area contributed by atoms with E-state index in [-0.39, 0.29) is 12.0 Å². The highest BCUT2D eigenvalue weighted by molar-refractivity contribution is 6.32. The van der Waals surface area contributed by atoms with E-state index in [9.17, 15) is 5.11 Å². The van der Waals surface area contributed by atoms with Crippen molar-refractivity contribution in [3.8, 4) is 11.5 Å². The lowest BCUT2D eigenvalue weighted by atomic mass is 9.81. The largest absolute Gasteiger partial charge is 0.486 e. The molecule has 18 heavy (non-hydrogen) atoms. The summed E-state index contributed by atoms with van der Waals surface area (Å²) >= 11 is 6.25. The summed E-state index contributed by atoms with van der Waals surface area (Å²) in [5.74, 6) is 1.38. The maximum atomic E-state index is 9.55. The molecule has 1 aliphatic heterocycles. The Morgan fingerprint density at radius 1 is 1.28 bits per heavy atom. The molecule has 0 fully saturated rings. The van der Waals surface area contributed by atoms with E-state index in [1.807, 2.05) is 19.9 Å². The van der Waals surface area contributed by atoms with Gasteiger partial charge < -0.3 is 14.6 Å². The van der Waals surface area contributed by atoms with Crippen LogP contribution in [0.15, 0.2) is 6.07 Å². The first-order chi connectivity index (χ1) is 8.51. The summed E-state index contributed by atoms with van der Waals surface area (Å²) in [6, 6.07) is 1.89. The van der Waals surface area contributed by atoms with Crippen molar-refractivity contribution in [3.63, 3.8) is 0 Å². The van der Waals surface area contributed by atoms with Gasteiger partial charge in [-0.3, -0.25) is 0 Å². The first-order valence-electron chi connectivity index (χ1n) is 6.23. The fraction of sp³-hybridized carbons (Fsp3) is 0.571. The van der Waals surface area contributed by atoms with Gasteiger partial charge in [-0.05, 0) is 18.1 Å². The molecule has 1 N–H and O–H groups in total. The third kappa shape index (κ3) is 2.17. The highest BCUT2D eigenvalue weighted by Crippen LogP contribution is 2.45. The Balaban J connectivity index is 2.64. The Morgan fingerprint density at radius 3 is 2.44 bits per heavy atom. The van der Waals surface area contributed by atoms with Crippen LogP contribution in [0.1, 0.15) is 31.9 Å². The van der Waals surface area contributed by atoms with Crippen molar-refractivity contribution in [1.82, 2.24) is 0 Å². The van der Waals surface area contributed by atoms with Crippen molar-refractivity contribution in [2.24, 2.45) is 0 Å². The molecule has 3 nitrogen and oxygen atoms in total. The Hall–Kier alpha value is -0.930. The fourth-order valence-electron chi connectivity index (χ4n) is 2.26. The van der Waals surface area contributed by atoms with E-state index in [1.165, 1.54) is 0 Å². The van der Waals surface area contributed by atoms with E-state index in [2.05, 4.69) is 6.92 Å². The molecule has 0 radical (unpaired) electrons. The smallest absolute Gasteiger partial charge is 0.180 e. The highest BCUT2D eigenvalue weighted by Gasteiger charge is 2.29. The molecule has 0 amide bonds. The monoisotopic (exact) mass is 270 g/mol. The van der Waals surface area contributed by atoms with Crippen LogP contribution in [0, 0.1) is 0 Å². The molecule has 1 heterocycles. The molecule has 0 unspecified atom stereocenters. The van der Waals surface area contributed by atoms with Crippen LogP contribution in [0.2, 0.25) is 5.02 Å². The highest BCUT2D eigenvalue weighted by atomic mass is 35.5. The number of fused-ring (bicyclic) bond motifs is 1. The molecule has 2 rings (SSSR count). The number of aliphatic hydroxyl groups is 1. The van der Waals surface area contributed by atoms with Gasteiger partial charge >= 0.3 is 0 Å². The van der Waals surface area contributed by atoms with Crippen molar-refractivity contribution in [3.05, 3.63) is 22.2 Å². The summed E-state index contributed by atoms with van der Waals surface area (Å²) in [6.45, 7) is 7.19. The molecule has 1 aromatic carbocycles. The van der Waals surface area contributed by atoms with Gasteiger partial charge in [0.25, 0.3) is 0 Å². The van der Waals surface area contributed by atoms with E-state index in [4.69, 9.17) is 21.1 Å². The summed E-state index contributed by atoms with van der Waals surface area (Å²) in [5, 5.41) is 10.1. The number of aliphatic hydroxyl groups excluding tert-OH is 1. The van der Waals surface area contributed by atoms with Crippen LogP contribution in [0.3, 0.4) is 0 Å². The van der Waals surface area contributed by atoms with Crippen LogP contribution in [-0.4, -0.2) is 24.9 Å². The van der Waals surface area contributed by atoms with Crippen LogP contribution in [-0.2, 0) is 11.8 Å². The molecule has 0 saturated carbocycles. The molecule has 0 aliphatic carbocycles. The van der Waals surface area contributed by atoms with Crippen LogP contribution >= 0.6 is 11.6 Å². The molecule has 0 saturated heterocycles.